The Morgan fingerprint density at radius 1 is 1.50 bits per heavy atom. The van der Waals surface area contributed by atoms with Crippen molar-refractivity contribution < 1.29 is 4.79 Å². The summed E-state index contributed by atoms with van der Waals surface area (Å²) in [7, 11) is 0. The molecule has 0 saturated carbocycles. The van der Waals surface area contributed by atoms with Crippen LogP contribution in [0.2, 0.25) is 0 Å². The topological polar surface area (TPSA) is 63.9 Å². The number of carbonyl (C=O) groups excluding carboxylic acids is 1. The first-order valence-electron chi connectivity index (χ1n) is 7.80. The van der Waals surface area contributed by atoms with Crippen LogP contribution >= 0.6 is 11.3 Å². The summed E-state index contributed by atoms with van der Waals surface area (Å²) in [5, 5.41) is 7.36. The average molecular weight is 319 g/mol. The number of amides is 1. The van der Waals surface area contributed by atoms with E-state index < -0.39 is 0 Å². The second-order valence-corrected chi connectivity index (χ2v) is 6.51. The summed E-state index contributed by atoms with van der Waals surface area (Å²) in [6.45, 7) is 4.38. The molecule has 0 unspecified atom stereocenters. The highest BCUT2D eigenvalue weighted by atomic mass is 32.1. The highest BCUT2D eigenvalue weighted by Gasteiger charge is 2.26. The molecular formula is C15H21N5OS. The second-order valence-electron chi connectivity index (χ2n) is 5.62. The van der Waals surface area contributed by atoms with E-state index in [1.807, 2.05) is 4.90 Å². The molecule has 0 aromatic carbocycles. The second kappa shape index (κ2) is 7.00. The molecule has 2 aromatic rings. The molecule has 118 valence electrons. The fourth-order valence-corrected chi connectivity index (χ4v) is 3.83. The van der Waals surface area contributed by atoms with Gasteiger partial charge < -0.3 is 4.90 Å². The SMILES string of the molecule is CCc1csc([C@@H]2CCCN(C(=O)CCn3cncn3)C2)n1. The summed E-state index contributed by atoms with van der Waals surface area (Å²) in [4.78, 5) is 22.9. The molecular weight excluding hydrogens is 298 g/mol. The Labute approximate surface area is 134 Å². The van der Waals surface area contributed by atoms with Crippen molar-refractivity contribution in [2.75, 3.05) is 13.1 Å². The van der Waals surface area contributed by atoms with Gasteiger partial charge in [-0.1, -0.05) is 6.92 Å². The zero-order chi connectivity index (χ0) is 15.4. The van der Waals surface area contributed by atoms with E-state index in [2.05, 4.69) is 22.4 Å². The number of aromatic nitrogens is 4. The number of hydrogen-bond acceptors (Lipinski definition) is 5. The molecule has 1 aliphatic rings. The maximum absolute atomic E-state index is 12.4. The van der Waals surface area contributed by atoms with Crippen LogP contribution in [0.15, 0.2) is 18.0 Å². The largest absolute Gasteiger partial charge is 0.342 e. The number of aryl methyl sites for hydroxylation is 2. The van der Waals surface area contributed by atoms with Crippen LogP contribution in [-0.2, 0) is 17.8 Å². The number of hydrogen-bond donors (Lipinski definition) is 0. The number of rotatable bonds is 5. The van der Waals surface area contributed by atoms with Crippen molar-refractivity contribution in [3.63, 3.8) is 0 Å². The molecule has 1 aliphatic heterocycles. The average Bonchev–Trinajstić information content (AvgIpc) is 3.24. The van der Waals surface area contributed by atoms with Gasteiger partial charge in [0, 0.05) is 30.8 Å². The molecule has 0 aliphatic carbocycles. The van der Waals surface area contributed by atoms with Gasteiger partial charge in [0.15, 0.2) is 0 Å². The van der Waals surface area contributed by atoms with Crippen molar-refractivity contribution in [1.82, 2.24) is 24.6 Å². The molecule has 6 nitrogen and oxygen atoms in total. The fraction of sp³-hybridized carbons (Fsp3) is 0.600. The summed E-state index contributed by atoms with van der Waals surface area (Å²) in [6, 6.07) is 0. The zero-order valence-corrected chi connectivity index (χ0v) is 13.6. The minimum atomic E-state index is 0.201. The minimum Gasteiger partial charge on any atom is -0.342 e. The van der Waals surface area contributed by atoms with E-state index in [0.717, 1.165) is 38.0 Å². The van der Waals surface area contributed by atoms with E-state index in [1.54, 1.807) is 22.3 Å². The van der Waals surface area contributed by atoms with Gasteiger partial charge in [0.05, 0.1) is 17.2 Å². The summed E-state index contributed by atoms with van der Waals surface area (Å²) in [5.41, 5.74) is 1.16. The molecule has 3 heterocycles. The third-order valence-corrected chi connectivity index (χ3v) is 5.13. The molecule has 2 aromatic heterocycles. The molecule has 7 heteroatoms. The quantitative estimate of drug-likeness (QED) is 0.846. The summed E-state index contributed by atoms with van der Waals surface area (Å²) in [5.74, 6) is 0.599. The van der Waals surface area contributed by atoms with E-state index in [1.165, 1.54) is 11.3 Å². The van der Waals surface area contributed by atoms with E-state index in [-0.39, 0.29) is 5.91 Å². The Balaban J connectivity index is 1.56. The van der Waals surface area contributed by atoms with Gasteiger partial charge in [-0.05, 0) is 19.3 Å². The molecule has 0 N–H and O–H groups in total. The Hall–Kier alpha value is -1.76. The third-order valence-electron chi connectivity index (χ3n) is 4.08. The number of likely N-dealkylation sites (tertiary alicyclic amines) is 1. The van der Waals surface area contributed by atoms with Crippen molar-refractivity contribution in [3.8, 4) is 0 Å². The summed E-state index contributed by atoms with van der Waals surface area (Å²) in [6.07, 6.45) is 6.78. The first-order chi connectivity index (χ1) is 10.8. The maximum atomic E-state index is 12.4. The van der Waals surface area contributed by atoms with Gasteiger partial charge in [-0.15, -0.1) is 11.3 Å². The molecule has 22 heavy (non-hydrogen) atoms. The zero-order valence-electron chi connectivity index (χ0n) is 12.8. The van der Waals surface area contributed by atoms with Crippen molar-refractivity contribution >= 4 is 17.2 Å². The molecule has 1 amide bonds. The lowest BCUT2D eigenvalue weighted by Gasteiger charge is -2.32. The van der Waals surface area contributed by atoms with E-state index >= 15 is 0 Å². The highest BCUT2D eigenvalue weighted by Crippen LogP contribution is 2.29. The molecule has 1 saturated heterocycles. The predicted molar refractivity (Wildman–Crippen MR) is 84.7 cm³/mol. The van der Waals surface area contributed by atoms with Crippen LogP contribution in [0.4, 0.5) is 0 Å². The van der Waals surface area contributed by atoms with Gasteiger partial charge in [-0.25, -0.2) is 9.97 Å². The Bertz CT molecular complexity index is 609. The van der Waals surface area contributed by atoms with Crippen LogP contribution < -0.4 is 0 Å². The monoisotopic (exact) mass is 319 g/mol. The van der Waals surface area contributed by atoms with Crippen LogP contribution in [0.25, 0.3) is 0 Å². The van der Waals surface area contributed by atoms with Gasteiger partial charge in [0.1, 0.15) is 12.7 Å². The predicted octanol–water partition coefficient (Wildman–Crippen LogP) is 2.09. The smallest absolute Gasteiger partial charge is 0.224 e. The van der Waals surface area contributed by atoms with Gasteiger partial charge in [-0.2, -0.15) is 5.10 Å². The summed E-state index contributed by atoms with van der Waals surface area (Å²) < 4.78 is 1.70. The molecule has 0 radical (unpaired) electrons. The third kappa shape index (κ3) is 3.52. The van der Waals surface area contributed by atoms with Crippen molar-refractivity contribution in [2.24, 2.45) is 0 Å². The van der Waals surface area contributed by atoms with Gasteiger partial charge in [-0.3, -0.25) is 9.48 Å². The van der Waals surface area contributed by atoms with E-state index in [0.29, 0.717) is 18.9 Å². The van der Waals surface area contributed by atoms with Crippen LogP contribution in [-0.4, -0.2) is 43.6 Å². The maximum Gasteiger partial charge on any atom is 0.224 e. The number of thiazole rings is 1. The lowest BCUT2D eigenvalue weighted by molar-refractivity contribution is -0.132. The standard InChI is InChI=1S/C15H21N5OS/c1-2-13-9-22-15(18-13)12-4-3-6-19(8-12)14(21)5-7-20-11-16-10-17-20/h9-12H,2-8H2,1H3/t12-/m1/s1. The highest BCUT2D eigenvalue weighted by molar-refractivity contribution is 7.09. The van der Waals surface area contributed by atoms with Crippen LogP contribution in [0, 0.1) is 0 Å². The first-order valence-corrected chi connectivity index (χ1v) is 8.68. The van der Waals surface area contributed by atoms with Crippen LogP contribution in [0.5, 0.6) is 0 Å². The van der Waals surface area contributed by atoms with E-state index in [9.17, 15) is 4.79 Å². The fourth-order valence-electron chi connectivity index (χ4n) is 2.79. The van der Waals surface area contributed by atoms with Gasteiger partial charge in [0.2, 0.25) is 5.91 Å². The lowest BCUT2D eigenvalue weighted by atomic mass is 9.98. The minimum absolute atomic E-state index is 0.201. The molecule has 0 spiro atoms. The molecule has 3 rings (SSSR count). The van der Waals surface area contributed by atoms with Crippen molar-refractivity contribution in [1.29, 1.82) is 0 Å². The van der Waals surface area contributed by atoms with Crippen LogP contribution in [0.1, 0.15) is 42.8 Å². The Morgan fingerprint density at radius 3 is 3.14 bits per heavy atom. The van der Waals surface area contributed by atoms with Crippen LogP contribution in [0.3, 0.4) is 0 Å². The Morgan fingerprint density at radius 2 is 2.41 bits per heavy atom. The number of carbonyl (C=O) groups is 1. The van der Waals surface area contributed by atoms with E-state index in [4.69, 9.17) is 4.98 Å². The summed E-state index contributed by atoms with van der Waals surface area (Å²) >= 11 is 1.73. The molecule has 1 atom stereocenters. The van der Waals surface area contributed by atoms with Gasteiger partial charge in [0.25, 0.3) is 0 Å². The number of piperidine rings is 1. The molecule has 0 bridgehead atoms. The van der Waals surface area contributed by atoms with Crippen molar-refractivity contribution in [2.45, 2.75) is 45.1 Å². The van der Waals surface area contributed by atoms with Gasteiger partial charge >= 0.3 is 0 Å². The van der Waals surface area contributed by atoms with Crippen molar-refractivity contribution in [3.05, 3.63) is 28.7 Å². The number of nitrogens with zero attached hydrogens (tertiary/aromatic N) is 5. The lowest BCUT2D eigenvalue weighted by Crippen LogP contribution is -2.39. The molecule has 1 fully saturated rings. The first kappa shape index (κ1) is 15.1. The Kier molecular flexibility index (Phi) is 4.82. The normalized spacial score (nSPS) is 18.6.